The van der Waals surface area contributed by atoms with Crippen molar-refractivity contribution in [1.82, 2.24) is 19.3 Å². The molecule has 0 saturated heterocycles. The number of carbonyl (C=O) groups excluding carboxylic acids is 1. The molecule has 4 aromatic rings. The fourth-order valence-corrected chi connectivity index (χ4v) is 3.14. The molecule has 2 aromatic carbocycles. The molecule has 8 heteroatoms. The van der Waals surface area contributed by atoms with Crippen LogP contribution >= 0.6 is 0 Å². The second-order valence-electron chi connectivity index (χ2n) is 6.86. The lowest BCUT2D eigenvalue weighted by Crippen LogP contribution is -2.27. The number of ether oxygens (including phenoxy) is 1. The van der Waals surface area contributed by atoms with E-state index in [0.717, 1.165) is 16.6 Å². The Morgan fingerprint density at radius 3 is 2.52 bits per heavy atom. The van der Waals surface area contributed by atoms with Gasteiger partial charge in [-0.3, -0.25) is 13.9 Å². The number of esters is 1. The van der Waals surface area contributed by atoms with Gasteiger partial charge in [-0.2, -0.15) is 0 Å². The number of hydrogen-bond acceptors (Lipinski definition) is 6. The highest BCUT2D eigenvalue weighted by molar-refractivity contribution is 5.78. The minimum Gasteiger partial charge on any atom is -0.451 e. The third-order valence-electron chi connectivity index (χ3n) is 4.73. The topological polar surface area (TPSA) is 92.2 Å². The SMILES string of the molecule is Cc1ccc(-c2nnc(C(C)OC(=O)Cn3c(=O)n(C)c4ccccc43)o2)cc1. The van der Waals surface area contributed by atoms with Crippen molar-refractivity contribution in [2.45, 2.75) is 26.5 Å². The Labute approximate surface area is 166 Å². The molecular formula is C21H20N4O4. The summed E-state index contributed by atoms with van der Waals surface area (Å²) in [5, 5.41) is 8.00. The molecule has 0 spiro atoms. The van der Waals surface area contributed by atoms with Crippen molar-refractivity contribution in [3.63, 3.8) is 0 Å². The first-order chi connectivity index (χ1) is 13.9. The molecule has 2 aromatic heterocycles. The van der Waals surface area contributed by atoms with Gasteiger partial charge < -0.3 is 9.15 Å². The van der Waals surface area contributed by atoms with E-state index in [-0.39, 0.29) is 18.1 Å². The molecule has 0 aliphatic carbocycles. The number of benzene rings is 2. The molecule has 0 amide bonds. The number of hydrogen-bond donors (Lipinski definition) is 0. The zero-order valence-corrected chi connectivity index (χ0v) is 16.3. The number of para-hydroxylation sites is 2. The van der Waals surface area contributed by atoms with E-state index >= 15 is 0 Å². The van der Waals surface area contributed by atoms with E-state index in [4.69, 9.17) is 9.15 Å². The van der Waals surface area contributed by atoms with E-state index in [2.05, 4.69) is 10.2 Å². The van der Waals surface area contributed by atoms with Crippen LogP contribution in [0.5, 0.6) is 0 Å². The van der Waals surface area contributed by atoms with Gasteiger partial charge in [0.15, 0.2) is 6.10 Å². The summed E-state index contributed by atoms with van der Waals surface area (Å²) in [5.74, 6) is -0.0154. The Balaban J connectivity index is 1.49. The van der Waals surface area contributed by atoms with E-state index in [9.17, 15) is 9.59 Å². The number of aromatic nitrogens is 4. The molecule has 0 radical (unpaired) electrons. The standard InChI is InChI=1S/C21H20N4O4/c1-13-8-10-15(11-9-13)20-23-22-19(29-20)14(2)28-18(26)12-25-17-7-5-4-6-16(17)24(3)21(25)27/h4-11,14H,12H2,1-3H3. The molecule has 1 unspecified atom stereocenters. The van der Waals surface area contributed by atoms with Crippen molar-refractivity contribution in [3.8, 4) is 11.5 Å². The summed E-state index contributed by atoms with van der Waals surface area (Å²) in [6, 6.07) is 14.9. The molecule has 29 heavy (non-hydrogen) atoms. The molecule has 8 nitrogen and oxygen atoms in total. The van der Waals surface area contributed by atoms with Crippen LogP contribution in [0.3, 0.4) is 0 Å². The summed E-state index contributed by atoms with van der Waals surface area (Å²) in [7, 11) is 1.67. The monoisotopic (exact) mass is 392 g/mol. The van der Waals surface area contributed by atoms with Crippen LogP contribution in [0.2, 0.25) is 0 Å². The van der Waals surface area contributed by atoms with Crippen molar-refractivity contribution in [2.24, 2.45) is 7.05 Å². The van der Waals surface area contributed by atoms with Gasteiger partial charge >= 0.3 is 11.7 Å². The highest BCUT2D eigenvalue weighted by Gasteiger charge is 2.21. The largest absolute Gasteiger partial charge is 0.451 e. The average Bonchev–Trinajstić information content (AvgIpc) is 3.29. The third-order valence-corrected chi connectivity index (χ3v) is 4.73. The van der Waals surface area contributed by atoms with Gasteiger partial charge in [0, 0.05) is 12.6 Å². The van der Waals surface area contributed by atoms with Crippen LogP contribution < -0.4 is 5.69 Å². The maximum atomic E-state index is 12.4. The molecule has 0 aliphatic heterocycles. The second-order valence-corrected chi connectivity index (χ2v) is 6.86. The van der Waals surface area contributed by atoms with E-state index in [1.165, 1.54) is 9.13 Å². The highest BCUT2D eigenvalue weighted by Crippen LogP contribution is 2.23. The summed E-state index contributed by atoms with van der Waals surface area (Å²) in [6.45, 7) is 3.44. The predicted octanol–water partition coefficient (Wildman–Crippen LogP) is 3.00. The fourth-order valence-electron chi connectivity index (χ4n) is 3.14. The summed E-state index contributed by atoms with van der Waals surface area (Å²) in [4.78, 5) is 24.9. The maximum absolute atomic E-state index is 12.4. The summed E-state index contributed by atoms with van der Waals surface area (Å²) in [6.07, 6.45) is -0.736. The summed E-state index contributed by atoms with van der Waals surface area (Å²) < 4.78 is 13.9. The quantitative estimate of drug-likeness (QED) is 0.485. The normalized spacial score (nSPS) is 12.2. The van der Waals surface area contributed by atoms with Gasteiger partial charge in [-0.05, 0) is 38.1 Å². The molecule has 148 valence electrons. The van der Waals surface area contributed by atoms with Gasteiger partial charge in [-0.25, -0.2) is 4.79 Å². The second kappa shape index (κ2) is 7.38. The first kappa shape index (κ1) is 18.7. The molecule has 2 heterocycles. The van der Waals surface area contributed by atoms with E-state index in [1.807, 2.05) is 49.4 Å². The van der Waals surface area contributed by atoms with Crippen LogP contribution in [0.1, 0.15) is 24.5 Å². The van der Waals surface area contributed by atoms with Gasteiger partial charge in [0.05, 0.1) is 11.0 Å². The first-order valence-corrected chi connectivity index (χ1v) is 9.18. The molecule has 0 fully saturated rings. The van der Waals surface area contributed by atoms with Crippen LogP contribution in [0, 0.1) is 6.92 Å². The van der Waals surface area contributed by atoms with Crippen LogP contribution in [-0.4, -0.2) is 25.3 Å². The Morgan fingerprint density at radius 1 is 1.10 bits per heavy atom. The summed E-state index contributed by atoms with van der Waals surface area (Å²) >= 11 is 0. The Morgan fingerprint density at radius 2 is 1.79 bits per heavy atom. The molecule has 0 bridgehead atoms. The molecule has 0 N–H and O–H groups in total. The van der Waals surface area contributed by atoms with Gasteiger partial charge in [0.25, 0.3) is 5.89 Å². The predicted molar refractivity (Wildman–Crippen MR) is 106 cm³/mol. The number of nitrogens with zero attached hydrogens (tertiary/aromatic N) is 4. The number of carbonyl (C=O) groups is 1. The third kappa shape index (κ3) is 3.56. The lowest BCUT2D eigenvalue weighted by Gasteiger charge is -2.10. The Kier molecular flexibility index (Phi) is 4.75. The van der Waals surface area contributed by atoms with Gasteiger partial charge in [0.1, 0.15) is 6.54 Å². The highest BCUT2D eigenvalue weighted by atomic mass is 16.6. The number of aryl methyl sites for hydroxylation is 2. The van der Waals surface area contributed by atoms with Crippen molar-refractivity contribution >= 4 is 17.0 Å². The van der Waals surface area contributed by atoms with Gasteiger partial charge in [0.2, 0.25) is 5.89 Å². The lowest BCUT2D eigenvalue weighted by atomic mass is 10.1. The van der Waals surface area contributed by atoms with Crippen molar-refractivity contribution in [1.29, 1.82) is 0 Å². The van der Waals surface area contributed by atoms with Crippen LogP contribution in [-0.2, 0) is 23.1 Å². The molecule has 0 aliphatic rings. The molecule has 1 atom stereocenters. The number of rotatable bonds is 5. The maximum Gasteiger partial charge on any atom is 0.329 e. The first-order valence-electron chi connectivity index (χ1n) is 9.18. The fraction of sp³-hybridized carbons (Fsp3) is 0.238. The van der Waals surface area contributed by atoms with Gasteiger partial charge in [-0.1, -0.05) is 29.8 Å². The van der Waals surface area contributed by atoms with Gasteiger partial charge in [-0.15, -0.1) is 10.2 Å². The Bertz CT molecular complexity index is 1230. The summed E-state index contributed by atoms with van der Waals surface area (Å²) in [5.41, 5.74) is 3.05. The van der Waals surface area contributed by atoms with E-state index in [1.54, 1.807) is 20.0 Å². The smallest absolute Gasteiger partial charge is 0.329 e. The minimum absolute atomic E-state index is 0.194. The van der Waals surface area contributed by atoms with Crippen molar-refractivity contribution in [2.75, 3.05) is 0 Å². The van der Waals surface area contributed by atoms with Crippen molar-refractivity contribution < 1.29 is 13.9 Å². The lowest BCUT2D eigenvalue weighted by molar-refractivity contribution is -0.150. The molecule has 0 saturated carbocycles. The van der Waals surface area contributed by atoms with Crippen LogP contribution in [0.4, 0.5) is 0 Å². The average molecular weight is 392 g/mol. The zero-order valence-electron chi connectivity index (χ0n) is 16.3. The Hall–Kier alpha value is -3.68. The molecular weight excluding hydrogens is 372 g/mol. The van der Waals surface area contributed by atoms with Crippen LogP contribution in [0.15, 0.2) is 57.7 Å². The van der Waals surface area contributed by atoms with Crippen LogP contribution in [0.25, 0.3) is 22.5 Å². The minimum atomic E-state index is -0.736. The number of fused-ring (bicyclic) bond motifs is 1. The molecule has 4 rings (SSSR count). The number of imidazole rings is 1. The van der Waals surface area contributed by atoms with E-state index in [0.29, 0.717) is 11.4 Å². The van der Waals surface area contributed by atoms with E-state index < -0.39 is 12.1 Å². The van der Waals surface area contributed by atoms with Crippen molar-refractivity contribution in [3.05, 3.63) is 70.5 Å². The zero-order chi connectivity index (χ0) is 20.5.